The maximum absolute atomic E-state index is 13.2. The molecule has 5 aliphatic carbocycles. The first kappa shape index (κ1) is 24.8. The summed E-state index contributed by atoms with van der Waals surface area (Å²) in [6, 6.07) is 0. The Kier molecular flexibility index (Phi) is 5.70. The van der Waals surface area contributed by atoms with Gasteiger partial charge in [-0.3, -0.25) is 4.79 Å². The number of fused-ring (bicyclic) bond motifs is 7. The first-order chi connectivity index (χ1) is 15.8. The Morgan fingerprint density at radius 3 is 2.24 bits per heavy atom. The lowest BCUT2D eigenvalue weighted by molar-refractivity contribution is -0.240. The summed E-state index contributed by atoms with van der Waals surface area (Å²) in [7, 11) is 1.57. The van der Waals surface area contributed by atoms with Gasteiger partial charge in [-0.1, -0.05) is 39.8 Å². The summed E-state index contributed by atoms with van der Waals surface area (Å²) < 4.78 is 5.45. The predicted octanol–water partition coefficient (Wildman–Crippen LogP) is 5.76. The van der Waals surface area contributed by atoms with Crippen LogP contribution in [0.25, 0.3) is 0 Å². The van der Waals surface area contributed by atoms with E-state index >= 15 is 0 Å². The van der Waals surface area contributed by atoms with E-state index in [-0.39, 0.29) is 27.6 Å². The monoisotopic (exact) mass is 472 g/mol. The molecule has 0 saturated heterocycles. The van der Waals surface area contributed by atoms with Gasteiger partial charge in [0.15, 0.2) is 0 Å². The van der Waals surface area contributed by atoms with Crippen LogP contribution in [0.2, 0.25) is 0 Å². The second-order valence-electron chi connectivity index (χ2n) is 14.2. The number of rotatable bonds is 2. The third kappa shape index (κ3) is 3.00. The molecule has 11 atom stereocenters. The number of carbonyl (C=O) groups excluding carboxylic acids is 1. The standard InChI is InChI=1S/C30H48O4/c1-17(2)18-10-14-30(26(33)34-7)15-11-20-19(24(18)30)8-9-23-28(20,5)13-12-22-27(3,4)25(32)21(31)16-29(22,23)6/h18-25,31-32H,1,8-16H2,2-7H3/t18?,19?,20?,21-,22?,23?,24?,25+,28+,29+,30+/m1/s1. The van der Waals surface area contributed by atoms with Crippen molar-refractivity contribution in [1.29, 1.82) is 0 Å². The summed E-state index contributed by atoms with van der Waals surface area (Å²) in [4.78, 5) is 13.2. The molecule has 5 saturated carbocycles. The minimum absolute atomic E-state index is 0.0220. The zero-order valence-electron chi connectivity index (χ0n) is 22.4. The fourth-order valence-electron chi connectivity index (χ4n) is 11.5. The number of hydrogen-bond acceptors (Lipinski definition) is 4. The topological polar surface area (TPSA) is 66.8 Å². The van der Waals surface area contributed by atoms with Gasteiger partial charge in [0.1, 0.15) is 0 Å². The van der Waals surface area contributed by atoms with Crippen LogP contribution in [0, 0.1) is 57.2 Å². The van der Waals surface area contributed by atoms with Crippen molar-refractivity contribution in [3.8, 4) is 0 Å². The second kappa shape index (κ2) is 7.81. The van der Waals surface area contributed by atoms with Crippen molar-refractivity contribution in [3.05, 3.63) is 12.2 Å². The second-order valence-corrected chi connectivity index (χ2v) is 14.2. The summed E-state index contributed by atoms with van der Waals surface area (Å²) in [5.41, 5.74) is 0.910. The van der Waals surface area contributed by atoms with Crippen molar-refractivity contribution in [2.24, 2.45) is 57.2 Å². The third-order valence-electron chi connectivity index (χ3n) is 12.7. The lowest BCUT2D eigenvalue weighted by Gasteiger charge is -2.69. The summed E-state index contributed by atoms with van der Waals surface area (Å²) in [6.45, 7) is 15.9. The number of hydrogen-bond donors (Lipinski definition) is 2. The highest BCUT2D eigenvalue weighted by Crippen LogP contribution is 2.73. The normalized spacial score (nSPS) is 53.6. The number of allylic oxidation sites excluding steroid dienone is 1. The molecule has 5 rings (SSSR count). The Hall–Kier alpha value is -0.870. The van der Waals surface area contributed by atoms with E-state index in [1.54, 1.807) is 7.11 Å². The molecule has 2 N–H and O–H groups in total. The van der Waals surface area contributed by atoms with Gasteiger partial charge in [-0.25, -0.2) is 0 Å². The van der Waals surface area contributed by atoms with Crippen molar-refractivity contribution >= 4 is 5.97 Å². The molecule has 0 aromatic rings. The molecule has 4 heteroatoms. The number of methoxy groups -OCH3 is 1. The summed E-state index contributed by atoms with van der Waals surface area (Å²) in [5.74, 6) is 2.94. The fourth-order valence-corrected chi connectivity index (χ4v) is 11.5. The Balaban J connectivity index is 1.52. The molecule has 0 spiro atoms. The van der Waals surface area contributed by atoms with Crippen LogP contribution in [0.3, 0.4) is 0 Å². The highest BCUT2D eigenvalue weighted by molar-refractivity contribution is 5.78. The van der Waals surface area contributed by atoms with Gasteiger partial charge in [0.2, 0.25) is 0 Å². The zero-order chi connectivity index (χ0) is 24.8. The van der Waals surface area contributed by atoms with Crippen molar-refractivity contribution in [1.82, 2.24) is 0 Å². The van der Waals surface area contributed by atoms with E-state index in [1.165, 1.54) is 24.8 Å². The molecule has 192 valence electrons. The first-order valence-electron chi connectivity index (χ1n) is 13.9. The van der Waals surface area contributed by atoms with Crippen LogP contribution in [0.15, 0.2) is 12.2 Å². The van der Waals surface area contributed by atoms with E-state index in [4.69, 9.17) is 4.74 Å². The van der Waals surface area contributed by atoms with Gasteiger partial charge in [-0.15, -0.1) is 0 Å². The van der Waals surface area contributed by atoms with Crippen molar-refractivity contribution in [2.45, 2.75) is 105 Å². The van der Waals surface area contributed by atoms with Crippen LogP contribution in [-0.4, -0.2) is 35.5 Å². The van der Waals surface area contributed by atoms with Crippen LogP contribution in [0.4, 0.5) is 0 Å². The van der Waals surface area contributed by atoms with Crippen molar-refractivity contribution in [2.75, 3.05) is 7.11 Å². The van der Waals surface area contributed by atoms with Crippen LogP contribution in [0.5, 0.6) is 0 Å². The molecule has 5 fully saturated rings. The van der Waals surface area contributed by atoms with Gasteiger partial charge < -0.3 is 14.9 Å². The van der Waals surface area contributed by atoms with Crippen LogP contribution < -0.4 is 0 Å². The maximum atomic E-state index is 13.2. The molecular weight excluding hydrogens is 424 g/mol. The highest BCUT2D eigenvalue weighted by Gasteiger charge is 2.69. The summed E-state index contributed by atoms with van der Waals surface area (Å²) in [6.07, 6.45) is 8.16. The van der Waals surface area contributed by atoms with E-state index in [0.29, 0.717) is 41.9 Å². The molecule has 6 unspecified atom stereocenters. The molecule has 0 amide bonds. The smallest absolute Gasteiger partial charge is 0.312 e. The van der Waals surface area contributed by atoms with Crippen LogP contribution >= 0.6 is 0 Å². The molecule has 0 aromatic heterocycles. The SMILES string of the molecule is C=C(C)C1CC[C@]2(C(=O)OC)CCC3C(CCC4[C@@]3(C)CCC3C(C)(C)[C@@H](O)[C@H](O)C[C@@]34C)C12. The Morgan fingerprint density at radius 2 is 1.59 bits per heavy atom. The van der Waals surface area contributed by atoms with Gasteiger partial charge in [0.25, 0.3) is 0 Å². The zero-order valence-corrected chi connectivity index (χ0v) is 22.4. The minimum Gasteiger partial charge on any atom is -0.469 e. The molecule has 4 nitrogen and oxygen atoms in total. The van der Waals surface area contributed by atoms with E-state index in [9.17, 15) is 15.0 Å². The molecule has 0 aromatic carbocycles. The molecule has 0 aliphatic heterocycles. The largest absolute Gasteiger partial charge is 0.469 e. The predicted molar refractivity (Wildman–Crippen MR) is 134 cm³/mol. The molecule has 0 radical (unpaired) electrons. The fraction of sp³-hybridized carbons (Fsp3) is 0.900. The van der Waals surface area contributed by atoms with Gasteiger partial charge in [0, 0.05) is 0 Å². The average Bonchev–Trinajstić information content (AvgIpc) is 3.18. The summed E-state index contributed by atoms with van der Waals surface area (Å²) in [5, 5.41) is 21.8. The number of aliphatic hydroxyl groups is 2. The summed E-state index contributed by atoms with van der Waals surface area (Å²) >= 11 is 0. The quantitative estimate of drug-likeness (QED) is 0.396. The van der Waals surface area contributed by atoms with Gasteiger partial charge in [-0.05, 0) is 116 Å². The van der Waals surface area contributed by atoms with Gasteiger partial charge in [-0.2, -0.15) is 0 Å². The number of ether oxygens (including phenoxy) is 1. The van der Waals surface area contributed by atoms with Crippen molar-refractivity contribution in [3.63, 3.8) is 0 Å². The molecule has 5 aliphatic rings. The number of carbonyl (C=O) groups is 1. The number of esters is 1. The average molecular weight is 473 g/mol. The third-order valence-corrected chi connectivity index (χ3v) is 12.7. The van der Waals surface area contributed by atoms with E-state index in [0.717, 1.165) is 32.1 Å². The molecule has 0 heterocycles. The lowest BCUT2D eigenvalue weighted by Crippen LogP contribution is -2.66. The highest BCUT2D eigenvalue weighted by atomic mass is 16.5. The first-order valence-corrected chi connectivity index (χ1v) is 13.9. The van der Waals surface area contributed by atoms with Crippen molar-refractivity contribution < 1.29 is 19.7 Å². The molecule has 0 bridgehead atoms. The van der Waals surface area contributed by atoms with Gasteiger partial charge >= 0.3 is 5.97 Å². The Labute approximate surface area is 206 Å². The minimum atomic E-state index is -0.642. The molecular formula is C30H48O4. The van der Waals surface area contributed by atoms with Crippen LogP contribution in [-0.2, 0) is 9.53 Å². The van der Waals surface area contributed by atoms with E-state index in [2.05, 4.69) is 41.2 Å². The van der Waals surface area contributed by atoms with E-state index < -0.39 is 12.2 Å². The number of aliphatic hydroxyl groups excluding tert-OH is 2. The molecule has 34 heavy (non-hydrogen) atoms. The van der Waals surface area contributed by atoms with Crippen LogP contribution in [0.1, 0.15) is 92.4 Å². The Morgan fingerprint density at radius 1 is 0.912 bits per heavy atom. The lowest BCUT2D eigenvalue weighted by atomic mass is 9.36. The van der Waals surface area contributed by atoms with Gasteiger partial charge in [0.05, 0.1) is 24.7 Å². The Bertz CT molecular complexity index is 864. The maximum Gasteiger partial charge on any atom is 0.312 e. The van der Waals surface area contributed by atoms with E-state index in [1.807, 2.05) is 0 Å².